The first kappa shape index (κ1) is 21.6. The fourth-order valence-electron chi connectivity index (χ4n) is 4.19. The Bertz CT molecular complexity index is 1190. The van der Waals surface area contributed by atoms with E-state index in [1.165, 1.54) is 0 Å². The molecule has 0 spiro atoms. The molecule has 0 bridgehead atoms. The van der Waals surface area contributed by atoms with E-state index in [1.807, 2.05) is 25.1 Å². The Labute approximate surface area is 196 Å². The molecule has 5 rings (SSSR count). The Kier molecular flexibility index (Phi) is 5.86. The van der Waals surface area contributed by atoms with Gasteiger partial charge in [0.15, 0.2) is 5.75 Å². The van der Waals surface area contributed by atoms with Gasteiger partial charge in [0.1, 0.15) is 12.4 Å². The number of rotatable bonds is 7. The first-order chi connectivity index (χ1) is 16.0. The van der Waals surface area contributed by atoms with Gasteiger partial charge in [-0.1, -0.05) is 17.7 Å². The summed E-state index contributed by atoms with van der Waals surface area (Å²) >= 11 is 6.34. The van der Waals surface area contributed by atoms with Crippen molar-refractivity contribution in [2.24, 2.45) is 0 Å². The number of carbonyl (C=O) groups excluding carboxylic acids is 1. The second-order valence-corrected chi connectivity index (χ2v) is 8.62. The van der Waals surface area contributed by atoms with Crippen LogP contribution in [-0.2, 0) is 11.2 Å². The van der Waals surface area contributed by atoms with Crippen molar-refractivity contribution >= 4 is 28.9 Å². The first-order valence-corrected chi connectivity index (χ1v) is 11.3. The Morgan fingerprint density at radius 2 is 2.18 bits per heavy atom. The van der Waals surface area contributed by atoms with Crippen LogP contribution in [0.3, 0.4) is 0 Å². The molecule has 2 aliphatic rings. The van der Waals surface area contributed by atoms with Crippen LogP contribution in [0, 0.1) is 0 Å². The Morgan fingerprint density at radius 1 is 1.33 bits per heavy atom. The molecule has 0 radical (unpaired) electrons. The van der Waals surface area contributed by atoms with Crippen LogP contribution in [0.5, 0.6) is 11.5 Å². The number of pyridine rings is 1. The molecule has 4 heterocycles. The van der Waals surface area contributed by atoms with Crippen molar-refractivity contribution in [1.82, 2.24) is 15.3 Å². The van der Waals surface area contributed by atoms with Gasteiger partial charge in [-0.2, -0.15) is 0 Å². The van der Waals surface area contributed by atoms with Crippen molar-refractivity contribution in [3.63, 3.8) is 0 Å². The predicted octanol–water partition coefficient (Wildman–Crippen LogP) is 4.32. The third-order valence-corrected chi connectivity index (χ3v) is 6.19. The monoisotopic (exact) mass is 468 g/mol. The van der Waals surface area contributed by atoms with Crippen LogP contribution < -0.4 is 20.1 Å². The molecule has 33 heavy (non-hydrogen) atoms. The van der Waals surface area contributed by atoms with Crippen LogP contribution in [0.15, 0.2) is 36.7 Å². The van der Waals surface area contributed by atoms with Gasteiger partial charge in [0.25, 0.3) is 5.91 Å². The van der Waals surface area contributed by atoms with Crippen molar-refractivity contribution < 1.29 is 19.0 Å². The number of aromatic amines is 1. The quantitative estimate of drug-likeness (QED) is 0.477. The highest BCUT2D eigenvalue weighted by atomic mass is 35.5. The molecule has 1 fully saturated rings. The fourth-order valence-corrected chi connectivity index (χ4v) is 4.44. The van der Waals surface area contributed by atoms with Crippen LogP contribution in [-0.4, -0.2) is 48.3 Å². The molecule has 172 valence electrons. The maximum Gasteiger partial charge on any atom is 0.255 e. The normalized spacial score (nSPS) is 19.3. The minimum Gasteiger partial charge on any atom is -0.493 e. The molecule has 0 aliphatic carbocycles. The predicted molar refractivity (Wildman–Crippen MR) is 126 cm³/mol. The number of nitrogens with zero attached hydrogens (tertiary/aromatic N) is 1. The summed E-state index contributed by atoms with van der Waals surface area (Å²) < 4.78 is 17.1. The number of nitrogens with one attached hydrogen (secondary N) is 3. The van der Waals surface area contributed by atoms with Gasteiger partial charge in [0, 0.05) is 42.9 Å². The number of hydrogen-bond acceptors (Lipinski definition) is 6. The van der Waals surface area contributed by atoms with E-state index in [2.05, 4.69) is 20.6 Å². The minimum atomic E-state index is -0.144. The van der Waals surface area contributed by atoms with E-state index < -0.39 is 0 Å². The lowest BCUT2D eigenvalue weighted by Crippen LogP contribution is -2.39. The van der Waals surface area contributed by atoms with E-state index in [0.29, 0.717) is 46.5 Å². The van der Waals surface area contributed by atoms with Crippen molar-refractivity contribution in [2.45, 2.75) is 31.9 Å². The molecule has 3 N–H and O–H groups in total. The summed E-state index contributed by atoms with van der Waals surface area (Å²) in [6, 6.07) is 7.33. The van der Waals surface area contributed by atoms with Gasteiger partial charge in [-0.25, -0.2) is 0 Å². The molecule has 3 aromatic rings. The van der Waals surface area contributed by atoms with E-state index in [0.717, 1.165) is 30.0 Å². The lowest BCUT2D eigenvalue weighted by Gasteiger charge is -2.26. The average Bonchev–Trinajstić information content (AvgIpc) is 3.11. The van der Waals surface area contributed by atoms with Crippen LogP contribution in [0.25, 0.3) is 11.3 Å². The number of fused-ring (bicyclic) bond motifs is 1. The molecular formula is C24H25ClN4O4. The van der Waals surface area contributed by atoms with Crippen molar-refractivity contribution in [3.8, 4) is 22.8 Å². The molecule has 1 aromatic carbocycles. The molecule has 0 saturated carbocycles. The van der Waals surface area contributed by atoms with Gasteiger partial charge < -0.3 is 29.8 Å². The zero-order valence-electron chi connectivity index (χ0n) is 18.4. The summed E-state index contributed by atoms with van der Waals surface area (Å²) in [5.74, 6) is 0.966. The Morgan fingerprint density at radius 3 is 2.94 bits per heavy atom. The number of benzene rings is 1. The topological polar surface area (TPSA) is 97.5 Å². The number of para-hydroxylation sites is 1. The molecule has 9 heteroatoms. The number of amides is 1. The highest BCUT2D eigenvalue weighted by Crippen LogP contribution is 2.43. The van der Waals surface area contributed by atoms with Crippen molar-refractivity contribution in [2.75, 3.05) is 25.6 Å². The summed E-state index contributed by atoms with van der Waals surface area (Å²) in [6.45, 7) is 3.19. The van der Waals surface area contributed by atoms with E-state index >= 15 is 0 Å². The maximum atomic E-state index is 13.0. The number of halogens is 1. The molecule has 2 atom stereocenters. The van der Waals surface area contributed by atoms with Gasteiger partial charge >= 0.3 is 0 Å². The fraction of sp³-hybridized carbons (Fsp3) is 0.333. The minimum absolute atomic E-state index is 0.0222. The van der Waals surface area contributed by atoms with Crippen molar-refractivity contribution in [3.05, 3.63) is 52.9 Å². The molecular weight excluding hydrogens is 444 g/mol. The highest BCUT2D eigenvalue weighted by Gasteiger charge is 2.31. The van der Waals surface area contributed by atoms with Crippen LogP contribution in [0.4, 0.5) is 11.4 Å². The summed E-state index contributed by atoms with van der Waals surface area (Å²) in [6.07, 6.45) is 5.13. The smallest absolute Gasteiger partial charge is 0.255 e. The second kappa shape index (κ2) is 8.96. The van der Waals surface area contributed by atoms with Gasteiger partial charge in [-0.05, 0) is 25.1 Å². The Balaban J connectivity index is 1.61. The van der Waals surface area contributed by atoms with Gasteiger partial charge in [-0.3, -0.25) is 9.78 Å². The second-order valence-electron chi connectivity index (χ2n) is 8.22. The number of aromatic nitrogens is 2. The molecule has 2 unspecified atom stereocenters. The van der Waals surface area contributed by atoms with Gasteiger partial charge in [0.2, 0.25) is 0 Å². The zero-order chi connectivity index (χ0) is 22.9. The number of hydrogen-bond donors (Lipinski definition) is 3. The largest absolute Gasteiger partial charge is 0.493 e. The summed E-state index contributed by atoms with van der Waals surface area (Å²) in [5, 5.41) is 6.89. The Hall–Kier alpha value is -3.23. The number of H-pyrrole nitrogens is 1. The van der Waals surface area contributed by atoms with Crippen LogP contribution >= 0.6 is 11.6 Å². The zero-order valence-corrected chi connectivity index (χ0v) is 19.2. The first-order valence-electron chi connectivity index (χ1n) is 10.9. The number of carbonyl (C=O) groups is 1. The van der Waals surface area contributed by atoms with E-state index in [4.69, 9.17) is 25.8 Å². The number of anilines is 2. The SMILES string of the molecule is COc1c(Cl)cccc1Nc1c(-c2ccncc2OCC2CCO2)[nH]c2c1C(=O)NC(C)C2. The third-order valence-electron chi connectivity index (χ3n) is 5.90. The summed E-state index contributed by atoms with van der Waals surface area (Å²) in [7, 11) is 1.56. The number of ether oxygens (including phenoxy) is 3. The summed E-state index contributed by atoms with van der Waals surface area (Å²) in [5.41, 5.74) is 4.23. The standard InChI is InChI=1S/C24H25ClN4O4/c1-13-10-18-20(24(30)27-13)22(28-17-5-3-4-16(25)23(17)31-2)21(29-18)15-6-8-26-11-19(15)33-12-14-7-9-32-14/h3-6,8,11,13-14,28-29H,7,9-10,12H2,1-2H3,(H,27,30). The third kappa shape index (κ3) is 4.12. The maximum absolute atomic E-state index is 13.0. The van der Waals surface area contributed by atoms with Gasteiger partial charge in [-0.15, -0.1) is 0 Å². The highest BCUT2D eigenvalue weighted by molar-refractivity contribution is 6.32. The lowest BCUT2D eigenvalue weighted by atomic mass is 10.0. The van der Waals surface area contributed by atoms with Crippen LogP contribution in [0.2, 0.25) is 5.02 Å². The molecule has 1 saturated heterocycles. The van der Waals surface area contributed by atoms with E-state index in [9.17, 15) is 4.79 Å². The summed E-state index contributed by atoms with van der Waals surface area (Å²) in [4.78, 5) is 20.7. The van der Waals surface area contributed by atoms with E-state index in [1.54, 1.807) is 25.6 Å². The molecule has 2 aromatic heterocycles. The van der Waals surface area contributed by atoms with Gasteiger partial charge in [0.05, 0.1) is 47.1 Å². The molecule has 8 nitrogen and oxygen atoms in total. The number of methoxy groups -OCH3 is 1. The molecule has 2 aliphatic heterocycles. The average molecular weight is 469 g/mol. The molecule has 1 amide bonds. The van der Waals surface area contributed by atoms with Crippen molar-refractivity contribution in [1.29, 1.82) is 0 Å². The lowest BCUT2D eigenvalue weighted by molar-refractivity contribution is -0.0720. The van der Waals surface area contributed by atoms with E-state index in [-0.39, 0.29) is 18.1 Å². The van der Waals surface area contributed by atoms with Crippen LogP contribution in [0.1, 0.15) is 29.4 Å².